The Morgan fingerprint density at radius 3 is 2.88 bits per heavy atom. The van der Waals surface area contributed by atoms with E-state index in [1.54, 1.807) is 18.4 Å². The summed E-state index contributed by atoms with van der Waals surface area (Å²) in [6, 6.07) is 8.22. The molecule has 1 saturated carbocycles. The van der Waals surface area contributed by atoms with Crippen molar-refractivity contribution in [1.82, 2.24) is 0 Å². The molecular formula is C29H37ClO2S. The van der Waals surface area contributed by atoms with Crippen LogP contribution in [0.1, 0.15) is 56.2 Å². The number of halogens is 1. The van der Waals surface area contributed by atoms with Crippen molar-refractivity contribution in [2.75, 3.05) is 7.11 Å². The zero-order chi connectivity index (χ0) is 23.6. The molecule has 0 bridgehead atoms. The SMILES string of the molecule is C=C(CCC/C=C\C[C@H]1C(=C)CCC1C/C=C/C(O)CCc1sc2ccccc2c1Cl)OC. The summed E-state index contributed by atoms with van der Waals surface area (Å²) in [4.78, 5) is 1.16. The first-order valence-corrected chi connectivity index (χ1v) is 13.2. The Balaban J connectivity index is 1.41. The molecule has 2 aromatic rings. The van der Waals surface area contributed by atoms with Crippen LogP contribution in [-0.4, -0.2) is 18.3 Å². The van der Waals surface area contributed by atoms with E-state index in [-0.39, 0.29) is 0 Å². The monoisotopic (exact) mass is 484 g/mol. The number of aliphatic hydroxyl groups is 1. The van der Waals surface area contributed by atoms with Crippen molar-refractivity contribution in [3.05, 3.63) is 83.0 Å². The first-order valence-electron chi connectivity index (χ1n) is 12.0. The number of hydrogen-bond acceptors (Lipinski definition) is 3. The van der Waals surface area contributed by atoms with Crippen molar-refractivity contribution in [3.63, 3.8) is 0 Å². The van der Waals surface area contributed by atoms with Crippen molar-refractivity contribution in [3.8, 4) is 0 Å². The van der Waals surface area contributed by atoms with E-state index in [1.807, 2.05) is 18.2 Å². The topological polar surface area (TPSA) is 29.5 Å². The van der Waals surface area contributed by atoms with E-state index in [0.29, 0.717) is 18.3 Å². The number of fused-ring (bicyclic) bond motifs is 1. The van der Waals surface area contributed by atoms with Crippen LogP contribution in [0.25, 0.3) is 10.1 Å². The molecule has 0 radical (unpaired) electrons. The van der Waals surface area contributed by atoms with E-state index in [2.05, 4.69) is 43.5 Å². The molecule has 1 N–H and O–H groups in total. The Morgan fingerprint density at radius 2 is 2.09 bits per heavy atom. The summed E-state index contributed by atoms with van der Waals surface area (Å²) in [6.45, 7) is 8.19. The Labute approximate surface area is 208 Å². The van der Waals surface area contributed by atoms with Crippen LogP contribution >= 0.6 is 22.9 Å². The van der Waals surface area contributed by atoms with Crippen LogP contribution in [0.3, 0.4) is 0 Å². The number of aryl methyl sites for hydroxylation is 1. The van der Waals surface area contributed by atoms with Gasteiger partial charge in [-0.05, 0) is 69.3 Å². The number of hydrogen-bond donors (Lipinski definition) is 1. The van der Waals surface area contributed by atoms with Gasteiger partial charge >= 0.3 is 0 Å². The van der Waals surface area contributed by atoms with Gasteiger partial charge in [-0.1, -0.05) is 72.8 Å². The van der Waals surface area contributed by atoms with Crippen LogP contribution in [0, 0.1) is 11.8 Å². The molecule has 1 aliphatic carbocycles. The molecule has 0 spiro atoms. The fraction of sp³-hybridized carbons (Fsp3) is 0.448. The number of benzene rings is 1. The van der Waals surface area contributed by atoms with Crippen molar-refractivity contribution in [2.45, 2.75) is 63.9 Å². The third-order valence-corrected chi connectivity index (χ3v) is 8.44. The van der Waals surface area contributed by atoms with Crippen molar-refractivity contribution < 1.29 is 9.84 Å². The van der Waals surface area contributed by atoms with Crippen LogP contribution in [0.15, 0.2) is 73.1 Å². The van der Waals surface area contributed by atoms with Crippen LogP contribution in [0.5, 0.6) is 0 Å². The minimum Gasteiger partial charge on any atom is -0.502 e. The highest BCUT2D eigenvalue weighted by Gasteiger charge is 2.28. The first kappa shape index (κ1) is 25.8. The Hall–Kier alpha value is -1.81. The Bertz CT molecular complexity index is 987. The molecule has 33 heavy (non-hydrogen) atoms. The molecule has 1 heterocycles. The molecule has 0 saturated heterocycles. The molecule has 4 heteroatoms. The van der Waals surface area contributed by atoms with Gasteiger partial charge in [-0.25, -0.2) is 0 Å². The number of thiophene rings is 1. The van der Waals surface area contributed by atoms with E-state index >= 15 is 0 Å². The molecule has 1 fully saturated rings. The van der Waals surface area contributed by atoms with Gasteiger partial charge in [0.05, 0.1) is 24.0 Å². The summed E-state index contributed by atoms with van der Waals surface area (Å²) in [5.74, 6) is 2.03. The lowest BCUT2D eigenvalue weighted by atomic mass is 9.88. The third kappa shape index (κ3) is 7.60. The normalized spacial score (nSPS) is 19.8. The molecule has 1 aromatic carbocycles. The van der Waals surface area contributed by atoms with Gasteiger partial charge in [0.2, 0.25) is 0 Å². The predicted octanol–water partition coefficient (Wildman–Crippen LogP) is 8.65. The molecule has 1 aromatic heterocycles. The molecule has 2 unspecified atom stereocenters. The van der Waals surface area contributed by atoms with Gasteiger partial charge in [0.15, 0.2) is 0 Å². The Kier molecular flexibility index (Phi) is 10.3. The highest BCUT2D eigenvalue weighted by atomic mass is 35.5. The lowest BCUT2D eigenvalue weighted by Gasteiger charge is -2.17. The summed E-state index contributed by atoms with van der Waals surface area (Å²) in [5.41, 5.74) is 1.38. The third-order valence-electron chi connectivity index (χ3n) is 6.67. The van der Waals surface area contributed by atoms with E-state index in [9.17, 15) is 5.11 Å². The summed E-state index contributed by atoms with van der Waals surface area (Å²) < 4.78 is 6.33. The Morgan fingerprint density at radius 1 is 1.27 bits per heavy atom. The quantitative estimate of drug-likeness (QED) is 0.175. The van der Waals surface area contributed by atoms with E-state index < -0.39 is 6.10 Å². The zero-order valence-corrected chi connectivity index (χ0v) is 21.3. The van der Waals surface area contributed by atoms with Crippen LogP contribution in [0.2, 0.25) is 5.02 Å². The number of allylic oxidation sites excluding steroid dienone is 5. The minimum atomic E-state index is -0.434. The lowest BCUT2D eigenvalue weighted by molar-refractivity contribution is 0.212. The van der Waals surface area contributed by atoms with Crippen molar-refractivity contribution in [1.29, 1.82) is 0 Å². The molecule has 0 amide bonds. The number of methoxy groups -OCH3 is 1. The molecule has 2 nitrogen and oxygen atoms in total. The molecule has 3 atom stereocenters. The van der Waals surface area contributed by atoms with Crippen LogP contribution < -0.4 is 0 Å². The average molecular weight is 485 g/mol. The van der Waals surface area contributed by atoms with Gasteiger partial charge in [0, 0.05) is 21.4 Å². The molecular weight excluding hydrogens is 448 g/mol. The first-order chi connectivity index (χ1) is 16.0. The lowest BCUT2D eigenvalue weighted by Crippen LogP contribution is -2.08. The van der Waals surface area contributed by atoms with Gasteiger partial charge in [0.1, 0.15) is 0 Å². The average Bonchev–Trinajstić information content (AvgIpc) is 3.33. The summed E-state index contributed by atoms with van der Waals surface area (Å²) in [5, 5.41) is 12.4. The number of unbranched alkanes of at least 4 members (excludes halogenated alkanes) is 1. The van der Waals surface area contributed by atoms with Crippen molar-refractivity contribution in [2.24, 2.45) is 11.8 Å². The number of ether oxygens (including phenoxy) is 1. The zero-order valence-electron chi connectivity index (χ0n) is 19.8. The summed E-state index contributed by atoms with van der Waals surface area (Å²) in [6.07, 6.45) is 17.2. The van der Waals surface area contributed by atoms with Gasteiger partial charge in [-0.2, -0.15) is 0 Å². The van der Waals surface area contributed by atoms with E-state index in [4.69, 9.17) is 16.3 Å². The predicted molar refractivity (Wildman–Crippen MR) is 144 cm³/mol. The van der Waals surface area contributed by atoms with Crippen LogP contribution in [0.4, 0.5) is 0 Å². The largest absolute Gasteiger partial charge is 0.502 e. The smallest absolute Gasteiger partial charge is 0.0884 e. The summed E-state index contributed by atoms with van der Waals surface area (Å²) >= 11 is 8.27. The number of rotatable bonds is 13. The highest BCUT2D eigenvalue weighted by Crippen LogP contribution is 2.40. The maximum absolute atomic E-state index is 10.5. The van der Waals surface area contributed by atoms with E-state index in [0.717, 1.165) is 66.0 Å². The fourth-order valence-electron chi connectivity index (χ4n) is 4.62. The standard InChI is InChI=1S/C29H37ClO2S/c1-21-17-18-23(25(21)14-7-5-4-6-11-22(2)32-3)12-10-13-24(31)19-20-28-29(30)26-15-8-9-16-27(26)33-28/h5,7-10,13,15-16,23-25,31H,1-2,4,6,11-12,14,17-20H2,3H3/b7-5-,13-10+/t23?,24?,25-/m0/s1. The fourth-order valence-corrected chi connectivity index (χ4v) is 6.17. The van der Waals surface area contributed by atoms with Gasteiger partial charge < -0.3 is 9.84 Å². The maximum atomic E-state index is 10.5. The maximum Gasteiger partial charge on any atom is 0.0884 e. The second-order valence-electron chi connectivity index (χ2n) is 9.01. The minimum absolute atomic E-state index is 0.434. The highest BCUT2D eigenvalue weighted by molar-refractivity contribution is 7.19. The second kappa shape index (κ2) is 13.2. The summed E-state index contributed by atoms with van der Waals surface area (Å²) in [7, 11) is 1.68. The molecule has 0 aliphatic heterocycles. The molecule has 178 valence electrons. The van der Waals surface area contributed by atoms with Crippen molar-refractivity contribution >= 4 is 33.0 Å². The van der Waals surface area contributed by atoms with Gasteiger partial charge in [-0.3, -0.25) is 0 Å². The van der Waals surface area contributed by atoms with Crippen LogP contribution in [-0.2, 0) is 11.2 Å². The second-order valence-corrected chi connectivity index (χ2v) is 10.5. The van der Waals surface area contributed by atoms with E-state index in [1.165, 1.54) is 16.7 Å². The number of aliphatic hydroxyl groups excluding tert-OH is 1. The molecule has 3 rings (SSSR count). The van der Waals surface area contributed by atoms with Gasteiger partial charge in [-0.15, -0.1) is 11.3 Å². The van der Waals surface area contributed by atoms with Gasteiger partial charge in [0.25, 0.3) is 0 Å². The molecule has 1 aliphatic rings.